The first-order valence-corrected chi connectivity index (χ1v) is 5.47. The Bertz CT molecular complexity index is 336. The average Bonchev–Trinajstić information content (AvgIpc) is 2.79. The molecule has 0 aliphatic carbocycles. The number of piperidine rings is 1. The van der Waals surface area contributed by atoms with Crippen molar-refractivity contribution in [2.45, 2.75) is 43.3 Å². The number of nitrogens with zero attached hydrogens (tertiary/aromatic N) is 3. The zero-order chi connectivity index (χ0) is 10.5. The molecule has 0 spiro atoms. The molecule has 2 aliphatic heterocycles. The third kappa shape index (κ3) is 1.30. The second-order valence-electron chi connectivity index (χ2n) is 4.87. The summed E-state index contributed by atoms with van der Waals surface area (Å²) in [5.74, 6) is 0.674. The van der Waals surface area contributed by atoms with Crippen molar-refractivity contribution in [2.24, 2.45) is 5.73 Å². The first-order valence-electron chi connectivity index (χ1n) is 5.47. The number of hydrogen-bond donors (Lipinski definition) is 1. The molecule has 0 radical (unpaired) electrons. The van der Waals surface area contributed by atoms with Gasteiger partial charge in [0.15, 0.2) is 5.82 Å². The van der Waals surface area contributed by atoms with Crippen LogP contribution in [0.1, 0.15) is 31.5 Å². The Balaban J connectivity index is 1.90. The van der Waals surface area contributed by atoms with Crippen molar-refractivity contribution < 1.29 is 4.52 Å². The summed E-state index contributed by atoms with van der Waals surface area (Å²) in [5.41, 5.74) is 6.03. The number of fused-ring (bicyclic) bond motifs is 2. The quantitative estimate of drug-likeness (QED) is 0.727. The van der Waals surface area contributed by atoms with Gasteiger partial charge in [-0.05, 0) is 32.7 Å². The van der Waals surface area contributed by atoms with Gasteiger partial charge in [0.1, 0.15) is 0 Å². The Labute approximate surface area is 88.6 Å². The molecule has 0 aromatic carbocycles. The van der Waals surface area contributed by atoms with Gasteiger partial charge < -0.3 is 15.2 Å². The maximum Gasteiger partial charge on any atom is 0.213 e. The number of nitrogens with two attached hydrogens (primary N) is 1. The summed E-state index contributed by atoms with van der Waals surface area (Å²) in [6.45, 7) is 0. The maximum atomic E-state index is 6.40. The minimum Gasteiger partial charge on any atom is -0.343 e. The topological polar surface area (TPSA) is 68.2 Å². The molecule has 1 aromatic rings. The molecule has 15 heavy (non-hydrogen) atoms. The Morgan fingerprint density at radius 1 is 1.47 bits per heavy atom. The van der Waals surface area contributed by atoms with E-state index in [0.29, 0.717) is 17.9 Å². The van der Waals surface area contributed by atoms with Crippen LogP contribution in [-0.4, -0.2) is 34.2 Å². The highest BCUT2D eigenvalue weighted by atomic mass is 16.5. The molecule has 2 bridgehead atoms. The van der Waals surface area contributed by atoms with E-state index in [9.17, 15) is 0 Å². The van der Waals surface area contributed by atoms with Gasteiger partial charge in [0, 0.05) is 12.1 Å². The van der Waals surface area contributed by atoms with Crippen LogP contribution in [0.15, 0.2) is 10.9 Å². The Kier molecular flexibility index (Phi) is 1.87. The minimum absolute atomic E-state index is 0.370. The fourth-order valence-electron chi connectivity index (χ4n) is 3.08. The summed E-state index contributed by atoms with van der Waals surface area (Å²) in [7, 11) is 2.19. The van der Waals surface area contributed by atoms with E-state index in [1.165, 1.54) is 19.2 Å². The van der Waals surface area contributed by atoms with Gasteiger partial charge >= 0.3 is 0 Å². The molecule has 2 saturated heterocycles. The molecule has 82 valence electrons. The normalized spacial score (nSPS) is 40.9. The molecule has 2 atom stereocenters. The standard InChI is InChI=1S/C10H16N4O/c1-14-7-2-3-8(14)5-10(11,4-7)9-12-6-15-13-9/h6-8H,2-5,11H2,1H3. The highest BCUT2D eigenvalue weighted by Gasteiger charge is 2.47. The monoisotopic (exact) mass is 208 g/mol. The van der Waals surface area contributed by atoms with Crippen LogP contribution in [0.3, 0.4) is 0 Å². The van der Waals surface area contributed by atoms with Crippen LogP contribution >= 0.6 is 0 Å². The van der Waals surface area contributed by atoms with E-state index in [4.69, 9.17) is 10.3 Å². The van der Waals surface area contributed by atoms with E-state index in [0.717, 1.165) is 12.8 Å². The first-order chi connectivity index (χ1) is 7.19. The first kappa shape index (κ1) is 9.30. The van der Waals surface area contributed by atoms with E-state index >= 15 is 0 Å². The second kappa shape index (κ2) is 3.02. The summed E-state index contributed by atoms with van der Waals surface area (Å²) >= 11 is 0. The molecule has 2 fully saturated rings. The SMILES string of the molecule is CN1C2CCC1CC(N)(c1ncon1)C2. The second-order valence-corrected chi connectivity index (χ2v) is 4.87. The molecule has 5 heteroatoms. The lowest BCUT2D eigenvalue weighted by Crippen LogP contribution is -2.52. The van der Waals surface area contributed by atoms with Crippen LogP contribution < -0.4 is 5.73 Å². The summed E-state index contributed by atoms with van der Waals surface area (Å²) < 4.78 is 4.80. The lowest BCUT2D eigenvalue weighted by molar-refractivity contribution is 0.106. The lowest BCUT2D eigenvalue weighted by Gasteiger charge is -2.41. The average molecular weight is 208 g/mol. The molecule has 2 aliphatic rings. The summed E-state index contributed by atoms with van der Waals surface area (Å²) in [5, 5.41) is 3.90. The molecule has 3 rings (SSSR count). The smallest absolute Gasteiger partial charge is 0.213 e. The lowest BCUT2D eigenvalue weighted by atomic mass is 9.83. The highest BCUT2D eigenvalue weighted by molar-refractivity contribution is 5.11. The van der Waals surface area contributed by atoms with E-state index < -0.39 is 0 Å². The van der Waals surface area contributed by atoms with Crippen LogP contribution in [0.4, 0.5) is 0 Å². The van der Waals surface area contributed by atoms with Gasteiger partial charge in [0.2, 0.25) is 6.39 Å². The summed E-state index contributed by atoms with van der Waals surface area (Å²) in [4.78, 5) is 6.56. The van der Waals surface area contributed by atoms with Gasteiger partial charge in [-0.15, -0.1) is 0 Å². The maximum absolute atomic E-state index is 6.40. The molecule has 2 N–H and O–H groups in total. The summed E-state index contributed by atoms with van der Waals surface area (Å²) in [6.07, 6.45) is 5.75. The number of rotatable bonds is 1. The molecule has 0 amide bonds. The van der Waals surface area contributed by atoms with Crippen LogP contribution in [0, 0.1) is 0 Å². The van der Waals surface area contributed by atoms with Gasteiger partial charge in [-0.3, -0.25) is 0 Å². The van der Waals surface area contributed by atoms with Crippen LogP contribution in [-0.2, 0) is 5.54 Å². The van der Waals surface area contributed by atoms with Crippen molar-refractivity contribution >= 4 is 0 Å². The fourth-order valence-corrected chi connectivity index (χ4v) is 3.08. The number of aromatic nitrogens is 2. The highest BCUT2D eigenvalue weighted by Crippen LogP contribution is 2.42. The number of hydrogen-bond acceptors (Lipinski definition) is 5. The predicted octanol–water partition coefficient (Wildman–Crippen LogP) is 0.480. The van der Waals surface area contributed by atoms with E-state index in [2.05, 4.69) is 22.1 Å². The molecule has 5 nitrogen and oxygen atoms in total. The molecule has 0 saturated carbocycles. The minimum atomic E-state index is -0.370. The third-order valence-corrected chi connectivity index (χ3v) is 3.99. The zero-order valence-corrected chi connectivity index (χ0v) is 8.89. The van der Waals surface area contributed by atoms with Crippen molar-refractivity contribution in [2.75, 3.05) is 7.05 Å². The van der Waals surface area contributed by atoms with Gasteiger partial charge in [0.25, 0.3) is 0 Å². The molecular weight excluding hydrogens is 192 g/mol. The van der Waals surface area contributed by atoms with Crippen LogP contribution in [0.25, 0.3) is 0 Å². The van der Waals surface area contributed by atoms with Crippen molar-refractivity contribution in [1.82, 2.24) is 15.0 Å². The van der Waals surface area contributed by atoms with Crippen molar-refractivity contribution in [3.8, 4) is 0 Å². The van der Waals surface area contributed by atoms with Gasteiger partial charge in [0.05, 0.1) is 5.54 Å². The third-order valence-electron chi connectivity index (χ3n) is 3.99. The van der Waals surface area contributed by atoms with Gasteiger partial charge in [-0.25, -0.2) is 0 Å². The van der Waals surface area contributed by atoms with Crippen LogP contribution in [0.2, 0.25) is 0 Å². The van der Waals surface area contributed by atoms with Gasteiger partial charge in [-0.1, -0.05) is 5.16 Å². The van der Waals surface area contributed by atoms with E-state index in [-0.39, 0.29) is 5.54 Å². The Hall–Kier alpha value is -0.940. The van der Waals surface area contributed by atoms with Crippen molar-refractivity contribution in [1.29, 1.82) is 0 Å². The molecular formula is C10H16N4O. The van der Waals surface area contributed by atoms with E-state index in [1.807, 2.05) is 0 Å². The van der Waals surface area contributed by atoms with Gasteiger partial charge in [-0.2, -0.15) is 4.98 Å². The largest absolute Gasteiger partial charge is 0.343 e. The fraction of sp³-hybridized carbons (Fsp3) is 0.800. The Morgan fingerprint density at radius 3 is 2.67 bits per heavy atom. The molecule has 3 heterocycles. The predicted molar refractivity (Wildman–Crippen MR) is 54.0 cm³/mol. The van der Waals surface area contributed by atoms with E-state index in [1.54, 1.807) is 0 Å². The summed E-state index contributed by atoms with van der Waals surface area (Å²) in [6, 6.07) is 1.18. The van der Waals surface area contributed by atoms with Crippen molar-refractivity contribution in [3.05, 3.63) is 12.2 Å². The van der Waals surface area contributed by atoms with Crippen molar-refractivity contribution in [3.63, 3.8) is 0 Å². The van der Waals surface area contributed by atoms with Crippen LogP contribution in [0.5, 0.6) is 0 Å². The Morgan fingerprint density at radius 2 is 2.13 bits per heavy atom. The molecule has 2 unspecified atom stereocenters. The zero-order valence-electron chi connectivity index (χ0n) is 8.89. The molecule has 1 aromatic heterocycles.